The highest BCUT2D eigenvalue weighted by atomic mass is 16.6. The maximum Gasteiger partial charge on any atom is 0.410 e. The van der Waals surface area contributed by atoms with E-state index < -0.39 is 17.4 Å². The van der Waals surface area contributed by atoms with Crippen LogP contribution in [-0.2, 0) is 4.74 Å². The molecule has 0 saturated carbocycles. The van der Waals surface area contributed by atoms with Crippen LogP contribution in [0.25, 0.3) is 0 Å². The van der Waals surface area contributed by atoms with Crippen LogP contribution in [0, 0.1) is 0 Å². The average Bonchev–Trinajstić information content (AvgIpc) is 2.37. The number of carbonyl (C=O) groups excluding carboxylic acids is 1. The predicted octanol–water partition coefficient (Wildman–Crippen LogP) is 1.82. The molecule has 2 atom stereocenters. The molecule has 1 aromatic rings. The lowest BCUT2D eigenvalue weighted by Gasteiger charge is -2.50. The molecule has 0 aliphatic carbocycles. The zero-order valence-corrected chi connectivity index (χ0v) is 14.4. The van der Waals surface area contributed by atoms with Crippen LogP contribution in [-0.4, -0.2) is 51.5 Å². The summed E-state index contributed by atoms with van der Waals surface area (Å²) in [6.45, 7) is 9.69. The molecular formula is C16H26N4O3. The van der Waals surface area contributed by atoms with Crippen molar-refractivity contribution in [3.05, 3.63) is 18.3 Å². The number of aromatic nitrogens is 1. The van der Waals surface area contributed by atoms with Crippen molar-refractivity contribution in [3.8, 4) is 0 Å². The number of anilines is 2. The predicted molar refractivity (Wildman–Crippen MR) is 89.0 cm³/mol. The number of rotatable bonds is 1. The number of hydrogen-bond acceptors (Lipinski definition) is 6. The van der Waals surface area contributed by atoms with Crippen molar-refractivity contribution in [3.63, 3.8) is 0 Å². The topological polar surface area (TPSA) is 91.9 Å². The molecule has 1 saturated heterocycles. The number of amides is 1. The molecule has 1 fully saturated rings. The highest BCUT2D eigenvalue weighted by Crippen LogP contribution is 2.30. The zero-order valence-electron chi connectivity index (χ0n) is 14.4. The van der Waals surface area contributed by atoms with Gasteiger partial charge in [0.15, 0.2) is 5.72 Å². The van der Waals surface area contributed by atoms with E-state index in [1.807, 2.05) is 38.7 Å². The Hall–Kier alpha value is -2.02. The number of hydrogen-bond donors (Lipinski definition) is 2. The number of pyridine rings is 1. The first-order valence-electron chi connectivity index (χ1n) is 7.71. The second kappa shape index (κ2) is 5.88. The molecule has 0 aromatic carbocycles. The molecule has 0 bridgehead atoms. The third kappa shape index (κ3) is 4.04. The van der Waals surface area contributed by atoms with E-state index in [2.05, 4.69) is 4.98 Å². The standard InChI is InChI=1S/C16H26N4O3/c1-11-9-19(14(21)23-15(2,3)4)10-16(5,22)20(11)12-6-7-13(17)18-8-12/h6-8,11,22H,9-10H2,1-5H3,(H2,17,18)/t11-,16?/m0/s1. The molecule has 7 heteroatoms. The minimum atomic E-state index is -1.23. The quantitative estimate of drug-likeness (QED) is 0.819. The minimum absolute atomic E-state index is 0.100. The van der Waals surface area contributed by atoms with Gasteiger partial charge in [-0.2, -0.15) is 0 Å². The van der Waals surface area contributed by atoms with Crippen LogP contribution in [0.2, 0.25) is 0 Å². The van der Waals surface area contributed by atoms with Gasteiger partial charge < -0.3 is 25.4 Å². The number of nitrogens with zero attached hydrogens (tertiary/aromatic N) is 3. The number of nitrogen functional groups attached to an aromatic ring is 1. The Bertz CT molecular complexity index is 566. The molecule has 3 N–H and O–H groups in total. The van der Waals surface area contributed by atoms with Crippen LogP contribution in [0.3, 0.4) is 0 Å². The Morgan fingerprint density at radius 3 is 2.61 bits per heavy atom. The second-order valence-corrected chi connectivity index (χ2v) is 7.24. The molecule has 1 aliphatic heterocycles. The van der Waals surface area contributed by atoms with Crippen molar-refractivity contribution >= 4 is 17.6 Å². The normalized spacial score (nSPS) is 25.4. The Morgan fingerprint density at radius 2 is 2.13 bits per heavy atom. The van der Waals surface area contributed by atoms with Gasteiger partial charge in [0.1, 0.15) is 11.4 Å². The van der Waals surface area contributed by atoms with Crippen LogP contribution >= 0.6 is 0 Å². The fourth-order valence-electron chi connectivity index (χ4n) is 2.92. The highest BCUT2D eigenvalue weighted by Gasteiger charge is 2.42. The molecule has 0 spiro atoms. The Morgan fingerprint density at radius 1 is 1.48 bits per heavy atom. The SMILES string of the molecule is C[C@H]1CN(C(=O)OC(C)(C)C)CC(C)(O)N1c1ccc(N)nc1. The molecule has 128 valence electrons. The summed E-state index contributed by atoms with van der Waals surface area (Å²) in [5.41, 5.74) is 4.59. The summed E-state index contributed by atoms with van der Waals surface area (Å²) in [6, 6.07) is 3.41. The fourth-order valence-corrected chi connectivity index (χ4v) is 2.92. The van der Waals surface area contributed by atoms with Crippen LogP contribution < -0.4 is 10.6 Å². The van der Waals surface area contributed by atoms with E-state index in [0.29, 0.717) is 12.4 Å². The first kappa shape index (κ1) is 17.3. The fraction of sp³-hybridized carbons (Fsp3) is 0.625. The number of ether oxygens (including phenoxy) is 1. The number of β-amino-alcohol motifs (C(OH)–C–C–N with tert-alkyl or cyclic N) is 1. The van der Waals surface area contributed by atoms with Gasteiger partial charge in [-0.15, -0.1) is 0 Å². The van der Waals surface area contributed by atoms with E-state index in [9.17, 15) is 9.90 Å². The monoisotopic (exact) mass is 322 g/mol. The van der Waals surface area contributed by atoms with Crippen LogP contribution in [0.1, 0.15) is 34.6 Å². The number of nitrogens with two attached hydrogens (primary N) is 1. The van der Waals surface area contributed by atoms with Gasteiger partial charge in [0.05, 0.1) is 18.4 Å². The molecule has 1 unspecified atom stereocenters. The van der Waals surface area contributed by atoms with E-state index in [1.165, 1.54) is 4.90 Å². The molecule has 1 aromatic heterocycles. The van der Waals surface area contributed by atoms with Gasteiger partial charge >= 0.3 is 6.09 Å². The minimum Gasteiger partial charge on any atom is -0.444 e. The van der Waals surface area contributed by atoms with Crippen LogP contribution in [0.5, 0.6) is 0 Å². The lowest BCUT2D eigenvalue weighted by atomic mass is 10.0. The average molecular weight is 322 g/mol. The van der Waals surface area contributed by atoms with E-state index in [4.69, 9.17) is 10.5 Å². The molecule has 0 radical (unpaired) electrons. The lowest BCUT2D eigenvalue weighted by molar-refractivity contribution is -0.0348. The molecular weight excluding hydrogens is 296 g/mol. The molecule has 1 amide bonds. The number of piperazine rings is 1. The van der Waals surface area contributed by atoms with Crippen molar-refractivity contribution in [1.29, 1.82) is 0 Å². The van der Waals surface area contributed by atoms with Crippen LogP contribution in [0.15, 0.2) is 18.3 Å². The van der Waals surface area contributed by atoms with Crippen molar-refractivity contribution in [2.24, 2.45) is 0 Å². The number of carbonyl (C=O) groups is 1. The first-order chi connectivity index (χ1) is 10.5. The van der Waals surface area contributed by atoms with E-state index >= 15 is 0 Å². The van der Waals surface area contributed by atoms with Crippen molar-refractivity contribution in [2.45, 2.75) is 52.0 Å². The van der Waals surface area contributed by atoms with Crippen molar-refractivity contribution in [2.75, 3.05) is 23.7 Å². The Kier molecular flexibility index (Phi) is 4.43. The third-order valence-corrected chi connectivity index (χ3v) is 3.64. The maximum absolute atomic E-state index is 12.3. The summed E-state index contributed by atoms with van der Waals surface area (Å²) in [5.74, 6) is 0.424. The van der Waals surface area contributed by atoms with Gasteiger partial charge in [0.2, 0.25) is 0 Å². The highest BCUT2D eigenvalue weighted by molar-refractivity contribution is 5.69. The van der Waals surface area contributed by atoms with Gasteiger partial charge in [-0.25, -0.2) is 9.78 Å². The van der Waals surface area contributed by atoms with Gasteiger partial charge in [0.25, 0.3) is 0 Å². The number of aliphatic hydroxyl groups is 1. The van der Waals surface area contributed by atoms with Gasteiger partial charge in [-0.1, -0.05) is 0 Å². The summed E-state index contributed by atoms with van der Waals surface area (Å²) in [6.07, 6.45) is 1.21. The summed E-state index contributed by atoms with van der Waals surface area (Å²) >= 11 is 0. The van der Waals surface area contributed by atoms with Gasteiger partial charge in [-0.3, -0.25) is 0 Å². The van der Waals surface area contributed by atoms with Gasteiger partial charge in [0, 0.05) is 12.6 Å². The van der Waals surface area contributed by atoms with Crippen molar-refractivity contribution in [1.82, 2.24) is 9.88 Å². The molecule has 2 heterocycles. The third-order valence-electron chi connectivity index (χ3n) is 3.64. The smallest absolute Gasteiger partial charge is 0.410 e. The van der Waals surface area contributed by atoms with Gasteiger partial charge in [-0.05, 0) is 46.8 Å². The maximum atomic E-state index is 12.3. The zero-order chi connectivity index (χ0) is 17.4. The second-order valence-electron chi connectivity index (χ2n) is 7.24. The summed E-state index contributed by atoms with van der Waals surface area (Å²) in [7, 11) is 0. The molecule has 2 rings (SSSR count). The largest absolute Gasteiger partial charge is 0.444 e. The molecule has 7 nitrogen and oxygen atoms in total. The van der Waals surface area contributed by atoms with Crippen molar-refractivity contribution < 1.29 is 14.6 Å². The van der Waals surface area contributed by atoms with E-state index in [0.717, 1.165) is 5.69 Å². The van der Waals surface area contributed by atoms with Crippen LogP contribution in [0.4, 0.5) is 16.3 Å². The Labute approximate surface area is 137 Å². The molecule has 1 aliphatic rings. The summed E-state index contributed by atoms with van der Waals surface area (Å²) < 4.78 is 5.40. The summed E-state index contributed by atoms with van der Waals surface area (Å²) in [5, 5.41) is 10.9. The first-order valence-corrected chi connectivity index (χ1v) is 7.71. The molecule has 23 heavy (non-hydrogen) atoms. The summed E-state index contributed by atoms with van der Waals surface area (Å²) in [4.78, 5) is 19.7. The lowest BCUT2D eigenvalue weighted by Crippen LogP contribution is -2.66. The van der Waals surface area contributed by atoms with E-state index in [1.54, 1.807) is 19.2 Å². The Balaban J connectivity index is 2.19. The van der Waals surface area contributed by atoms with E-state index in [-0.39, 0.29) is 12.6 Å².